The zero-order valence-corrected chi connectivity index (χ0v) is 11.2. The van der Waals surface area contributed by atoms with E-state index in [2.05, 4.69) is 24.1 Å². The molecule has 0 atom stereocenters. The van der Waals surface area contributed by atoms with Gasteiger partial charge in [0.25, 0.3) is 0 Å². The summed E-state index contributed by atoms with van der Waals surface area (Å²) in [6, 6.07) is 3.55. The first-order chi connectivity index (χ1) is 7.99. The summed E-state index contributed by atoms with van der Waals surface area (Å²) in [7, 11) is 1.82. The number of carbonyl (C=O) groups excluding carboxylic acids is 1. The minimum Gasteiger partial charge on any atom is -0.354 e. The average Bonchev–Trinajstić information content (AvgIpc) is 2.27. The molecule has 0 radical (unpaired) electrons. The molecule has 0 bridgehead atoms. The molecule has 1 amide bonds. The van der Waals surface area contributed by atoms with Crippen LogP contribution < -0.4 is 10.2 Å². The number of pyridine rings is 1. The third kappa shape index (κ3) is 5.04. The standard InChI is InChI=1S/C12H18ClN3O/c1-9(2)6-15-12(17)8-16(3)11-5-4-10(13)7-14-11/h4-5,7,9H,6,8H2,1-3H3,(H,15,17). The number of anilines is 1. The molecule has 1 aromatic heterocycles. The quantitative estimate of drug-likeness (QED) is 0.875. The van der Waals surface area contributed by atoms with E-state index < -0.39 is 0 Å². The lowest BCUT2D eigenvalue weighted by molar-refractivity contribution is -0.119. The minimum atomic E-state index is -0.00190. The summed E-state index contributed by atoms with van der Waals surface area (Å²) < 4.78 is 0. The maximum absolute atomic E-state index is 11.6. The molecule has 0 aliphatic carbocycles. The van der Waals surface area contributed by atoms with Crippen LogP contribution in [-0.4, -0.2) is 31.0 Å². The van der Waals surface area contributed by atoms with Crippen LogP contribution in [0.5, 0.6) is 0 Å². The van der Waals surface area contributed by atoms with E-state index in [4.69, 9.17) is 11.6 Å². The first-order valence-corrected chi connectivity index (χ1v) is 5.96. The average molecular weight is 256 g/mol. The van der Waals surface area contributed by atoms with E-state index in [1.165, 1.54) is 0 Å². The largest absolute Gasteiger partial charge is 0.354 e. The van der Waals surface area contributed by atoms with Crippen molar-refractivity contribution in [2.75, 3.05) is 25.0 Å². The van der Waals surface area contributed by atoms with Gasteiger partial charge >= 0.3 is 0 Å². The van der Waals surface area contributed by atoms with Crippen LogP contribution in [0.2, 0.25) is 5.02 Å². The Bertz CT molecular complexity index is 365. The van der Waals surface area contributed by atoms with Gasteiger partial charge in [0.2, 0.25) is 5.91 Å². The molecular formula is C12H18ClN3O. The smallest absolute Gasteiger partial charge is 0.239 e. The van der Waals surface area contributed by atoms with Gasteiger partial charge in [-0.15, -0.1) is 0 Å². The molecule has 5 heteroatoms. The van der Waals surface area contributed by atoms with Crippen molar-refractivity contribution in [1.29, 1.82) is 0 Å². The number of aromatic nitrogens is 1. The van der Waals surface area contributed by atoms with Crippen LogP contribution in [0.3, 0.4) is 0 Å². The van der Waals surface area contributed by atoms with Crippen LogP contribution in [0.1, 0.15) is 13.8 Å². The number of likely N-dealkylation sites (N-methyl/N-ethyl adjacent to an activating group) is 1. The van der Waals surface area contributed by atoms with Crippen LogP contribution in [0.4, 0.5) is 5.82 Å². The Labute approximate surface area is 107 Å². The van der Waals surface area contributed by atoms with Crippen molar-refractivity contribution in [2.24, 2.45) is 5.92 Å². The number of nitrogens with one attached hydrogen (secondary N) is 1. The maximum Gasteiger partial charge on any atom is 0.239 e. The van der Waals surface area contributed by atoms with Crippen LogP contribution in [0.25, 0.3) is 0 Å². The molecule has 0 spiro atoms. The fourth-order valence-corrected chi connectivity index (χ4v) is 1.38. The lowest BCUT2D eigenvalue weighted by Gasteiger charge is -2.18. The molecule has 0 aromatic carbocycles. The summed E-state index contributed by atoms with van der Waals surface area (Å²) >= 11 is 5.75. The second kappa shape index (κ2) is 6.45. The second-order valence-corrected chi connectivity index (χ2v) is 4.83. The Morgan fingerprint density at radius 1 is 1.53 bits per heavy atom. The molecule has 0 aliphatic rings. The van der Waals surface area contributed by atoms with Crippen LogP contribution >= 0.6 is 11.6 Å². The number of halogens is 1. The topological polar surface area (TPSA) is 45.2 Å². The number of nitrogens with zero attached hydrogens (tertiary/aromatic N) is 2. The highest BCUT2D eigenvalue weighted by Crippen LogP contribution is 2.12. The van der Waals surface area contributed by atoms with Crippen molar-refractivity contribution in [3.05, 3.63) is 23.4 Å². The van der Waals surface area contributed by atoms with E-state index in [-0.39, 0.29) is 5.91 Å². The molecule has 0 unspecified atom stereocenters. The van der Waals surface area contributed by atoms with Gasteiger partial charge < -0.3 is 10.2 Å². The zero-order chi connectivity index (χ0) is 12.8. The Balaban J connectivity index is 2.46. The fraction of sp³-hybridized carbons (Fsp3) is 0.500. The fourth-order valence-electron chi connectivity index (χ4n) is 1.26. The highest BCUT2D eigenvalue weighted by molar-refractivity contribution is 6.30. The third-order valence-corrected chi connectivity index (χ3v) is 2.41. The molecule has 0 saturated carbocycles. The van der Waals surface area contributed by atoms with Crippen molar-refractivity contribution in [3.8, 4) is 0 Å². The van der Waals surface area contributed by atoms with Crippen molar-refractivity contribution >= 4 is 23.3 Å². The number of hydrogen-bond donors (Lipinski definition) is 1. The van der Waals surface area contributed by atoms with E-state index >= 15 is 0 Å². The Morgan fingerprint density at radius 2 is 2.24 bits per heavy atom. The molecule has 1 rings (SSSR count). The summed E-state index contributed by atoms with van der Waals surface area (Å²) in [5, 5.41) is 3.45. The number of carbonyl (C=O) groups is 1. The minimum absolute atomic E-state index is 0.00190. The van der Waals surface area contributed by atoms with E-state index in [9.17, 15) is 4.79 Å². The highest BCUT2D eigenvalue weighted by atomic mass is 35.5. The van der Waals surface area contributed by atoms with E-state index in [0.717, 1.165) is 5.82 Å². The zero-order valence-electron chi connectivity index (χ0n) is 10.4. The summed E-state index contributed by atoms with van der Waals surface area (Å²) in [5.41, 5.74) is 0. The maximum atomic E-state index is 11.6. The van der Waals surface area contributed by atoms with Gasteiger partial charge in [-0.05, 0) is 18.1 Å². The molecule has 1 aromatic rings. The Kier molecular flexibility index (Phi) is 5.22. The highest BCUT2D eigenvalue weighted by Gasteiger charge is 2.08. The Hall–Kier alpha value is -1.29. The number of rotatable bonds is 5. The summed E-state index contributed by atoms with van der Waals surface area (Å²) in [4.78, 5) is 17.5. The van der Waals surface area contributed by atoms with Crippen molar-refractivity contribution < 1.29 is 4.79 Å². The number of amides is 1. The van der Waals surface area contributed by atoms with E-state index in [1.807, 2.05) is 7.05 Å². The van der Waals surface area contributed by atoms with E-state index in [0.29, 0.717) is 24.0 Å². The predicted molar refractivity (Wildman–Crippen MR) is 70.4 cm³/mol. The van der Waals surface area contributed by atoms with Crippen LogP contribution in [0.15, 0.2) is 18.3 Å². The van der Waals surface area contributed by atoms with Crippen molar-refractivity contribution in [3.63, 3.8) is 0 Å². The summed E-state index contributed by atoms with van der Waals surface area (Å²) in [6.45, 7) is 5.11. The second-order valence-electron chi connectivity index (χ2n) is 4.39. The van der Waals surface area contributed by atoms with Gasteiger partial charge in [0.1, 0.15) is 5.82 Å². The molecule has 0 fully saturated rings. The molecule has 94 valence electrons. The Morgan fingerprint density at radius 3 is 2.76 bits per heavy atom. The molecular weight excluding hydrogens is 238 g/mol. The summed E-state index contributed by atoms with van der Waals surface area (Å²) in [6.07, 6.45) is 1.57. The first kappa shape index (κ1) is 13.8. The molecule has 0 saturated heterocycles. The summed E-state index contributed by atoms with van der Waals surface area (Å²) in [5.74, 6) is 1.19. The molecule has 4 nitrogen and oxygen atoms in total. The van der Waals surface area contributed by atoms with Crippen LogP contribution in [0, 0.1) is 5.92 Å². The molecule has 17 heavy (non-hydrogen) atoms. The molecule has 1 N–H and O–H groups in total. The SMILES string of the molecule is CC(C)CNC(=O)CN(C)c1ccc(Cl)cn1. The van der Waals surface area contributed by atoms with Gasteiger partial charge in [-0.2, -0.15) is 0 Å². The lowest BCUT2D eigenvalue weighted by atomic mass is 10.2. The van der Waals surface area contributed by atoms with Gasteiger partial charge in [0, 0.05) is 19.8 Å². The lowest BCUT2D eigenvalue weighted by Crippen LogP contribution is -2.37. The van der Waals surface area contributed by atoms with Crippen LogP contribution in [-0.2, 0) is 4.79 Å². The van der Waals surface area contributed by atoms with Crippen molar-refractivity contribution in [1.82, 2.24) is 10.3 Å². The van der Waals surface area contributed by atoms with E-state index in [1.54, 1.807) is 23.2 Å². The van der Waals surface area contributed by atoms with Gasteiger partial charge in [-0.1, -0.05) is 25.4 Å². The third-order valence-electron chi connectivity index (χ3n) is 2.19. The predicted octanol–water partition coefficient (Wildman–Crippen LogP) is 1.94. The van der Waals surface area contributed by atoms with Gasteiger partial charge in [-0.25, -0.2) is 4.98 Å². The van der Waals surface area contributed by atoms with Crippen molar-refractivity contribution in [2.45, 2.75) is 13.8 Å². The normalized spacial score (nSPS) is 10.4. The van der Waals surface area contributed by atoms with Gasteiger partial charge in [0.05, 0.1) is 11.6 Å². The molecule has 0 aliphatic heterocycles. The van der Waals surface area contributed by atoms with Gasteiger partial charge in [0.15, 0.2) is 0 Å². The van der Waals surface area contributed by atoms with Gasteiger partial charge in [-0.3, -0.25) is 4.79 Å². The first-order valence-electron chi connectivity index (χ1n) is 5.58. The monoisotopic (exact) mass is 255 g/mol. The molecule has 1 heterocycles. The number of hydrogen-bond acceptors (Lipinski definition) is 3.